The molecule has 120 heavy (non-hydrogen) atoms. The van der Waals surface area contributed by atoms with Crippen molar-refractivity contribution in [3.05, 3.63) is 6.07 Å². The molecule has 4 aromatic carbocycles. The van der Waals surface area contributed by atoms with Crippen LogP contribution in [-0.2, 0) is 0 Å². The van der Waals surface area contributed by atoms with E-state index in [9.17, 15) is 0 Å². The number of hydrogen-bond acceptors (Lipinski definition) is 22. The summed E-state index contributed by atoms with van der Waals surface area (Å²) in [6.07, 6.45) is 28.5. The van der Waals surface area contributed by atoms with Crippen molar-refractivity contribution in [3.8, 4) is 91.5 Å². The molecular weight excluding hydrogens is 1510 g/mol. The van der Waals surface area contributed by atoms with E-state index in [1.54, 1.807) is 0 Å². The third-order valence-corrected chi connectivity index (χ3v) is 21.8. The second kappa shape index (κ2) is 51.7. The van der Waals surface area contributed by atoms with Crippen LogP contribution in [0.25, 0.3) is 89.7 Å². The zero-order chi connectivity index (χ0) is 85.4. The van der Waals surface area contributed by atoms with Crippen molar-refractivity contribution in [1.29, 1.82) is 0 Å². The van der Waals surface area contributed by atoms with Crippen LogP contribution in [0.4, 0.5) is 39.8 Å². The van der Waals surface area contributed by atoms with Gasteiger partial charge < -0.3 is 85.5 Å². The molecule has 3 aromatic heterocycles. The Hall–Kier alpha value is -8.96. The lowest BCUT2D eigenvalue weighted by molar-refractivity contribution is 0.223. The zero-order valence-corrected chi connectivity index (χ0v) is 76.9. The van der Waals surface area contributed by atoms with Crippen molar-refractivity contribution in [3.63, 3.8) is 0 Å². The van der Waals surface area contributed by atoms with Crippen molar-refractivity contribution < 1.29 is 37.9 Å². The largest absolute Gasteiger partial charge is 0.489 e. The van der Waals surface area contributed by atoms with Gasteiger partial charge in [0, 0.05) is 57.9 Å². The number of aromatic amines is 1. The summed E-state index contributed by atoms with van der Waals surface area (Å²) in [5, 5.41) is 31.6. The van der Waals surface area contributed by atoms with E-state index in [-0.39, 0.29) is 5.82 Å². The number of hydrogen-bond donors (Lipinski definition) is 9. The Morgan fingerprint density at radius 3 is 0.892 bits per heavy atom. The highest BCUT2D eigenvalue weighted by Crippen LogP contribution is 2.60. The molecule has 0 atom stereocenters. The van der Waals surface area contributed by atoms with Gasteiger partial charge in [-0.05, 0) is 109 Å². The number of anilines is 7. The topological polar surface area (TPSA) is 268 Å². The molecule has 9 rings (SSSR count). The maximum Gasteiger partial charge on any atom is 0.208 e. The van der Waals surface area contributed by atoms with E-state index >= 15 is 0 Å². The Kier molecular flexibility index (Phi) is 40.9. The molecule has 0 radical (unpaired) electrons. The van der Waals surface area contributed by atoms with Gasteiger partial charge in [0.1, 0.15) is 11.3 Å². The monoisotopic (exact) mass is 1660 g/mol. The Bertz CT molecular complexity index is 4470. The van der Waals surface area contributed by atoms with Crippen molar-refractivity contribution in [1.82, 2.24) is 39.6 Å². The lowest BCUT2D eigenvalue weighted by atomic mass is 10.0. The molecule has 7 aromatic rings. The number of fused-ring (bicyclic) bond motifs is 20. The second-order valence-corrected chi connectivity index (χ2v) is 32.1. The van der Waals surface area contributed by atoms with Gasteiger partial charge in [-0.25, -0.2) is 34.6 Å². The normalized spacial score (nSPS) is 11.6. The highest BCUT2D eigenvalue weighted by Gasteiger charge is 2.40. The Labute approximate surface area is 719 Å². The molecule has 0 fully saturated rings. The molecule has 9 N–H and O–H groups in total. The maximum atomic E-state index is 7.47. The summed E-state index contributed by atoms with van der Waals surface area (Å²) in [5.74, 6) is 5.08. The highest BCUT2D eigenvalue weighted by atomic mass is 16.6. The minimum atomic E-state index is 0.286. The van der Waals surface area contributed by atoms with Gasteiger partial charge in [-0.15, -0.1) is 0 Å². The number of nitrogens with zero attached hydrogens (tertiary/aromatic N) is 7. The summed E-state index contributed by atoms with van der Waals surface area (Å²) in [4.78, 5) is 40.7. The van der Waals surface area contributed by atoms with Crippen LogP contribution in [-0.4, -0.2) is 145 Å². The first-order valence-electron chi connectivity index (χ1n) is 47.8. The fourth-order valence-electron chi connectivity index (χ4n) is 14.7. The average molecular weight is 1660 g/mol. The number of ether oxygens (including phenoxy) is 8. The van der Waals surface area contributed by atoms with E-state index in [1.807, 2.05) is 0 Å². The first kappa shape index (κ1) is 94.9. The van der Waals surface area contributed by atoms with Crippen molar-refractivity contribution in [2.24, 2.45) is 0 Å². The number of benzene rings is 4. The summed E-state index contributed by atoms with van der Waals surface area (Å²) in [7, 11) is 0. The van der Waals surface area contributed by atoms with E-state index in [1.165, 1.54) is 0 Å². The molecule has 0 spiro atoms. The van der Waals surface area contributed by atoms with Crippen LogP contribution >= 0.6 is 0 Å². The summed E-state index contributed by atoms with van der Waals surface area (Å²) in [5.41, 5.74) is 15.3. The van der Waals surface area contributed by atoms with Gasteiger partial charge in [0.05, 0.1) is 131 Å². The number of H-pyrrole nitrogens is 1. The molecule has 24 nitrogen and oxygen atoms in total. The molecule has 0 amide bonds. The Balaban J connectivity index is 1.78. The third-order valence-electron chi connectivity index (χ3n) is 21.8. The molecule has 0 unspecified atom stereocenters. The van der Waals surface area contributed by atoms with Crippen molar-refractivity contribution in [2.45, 2.75) is 316 Å². The Morgan fingerprint density at radius 2 is 0.525 bits per heavy atom. The van der Waals surface area contributed by atoms with Gasteiger partial charge in [-0.2, -0.15) is 0 Å². The molecule has 5 heterocycles. The van der Waals surface area contributed by atoms with Gasteiger partial charge >= 0.3 is 0 Å². The van der Waals surface area contributed by atoms with Gasteiger partial charge in [-0.1, -0.05) is 214 Å². The number of rotatable bonds is 64. The van der Waals surface area contributed by atoms with E-state index < -0.39 is 0 Å². The van der Waals surface area contributed by atoms with Gasteiger partial charge in [-0.3, -0.25) is 0 Å². The molecule has 0 saturated carbocycles. The second-order valence-electron chi connectivity index (χ2n) is 32.1. The van der Waals surface area contributed by atoms with Crippen molar-refractivity contribution >= 4 is 83.9 Å². The standard InChI is InChI=1S/C96H154N16O8/c1-17-33-49-97-67-65-66-68(76(99-51-35-19-3)75(67)98-50-34-18-2)90-105-89(66)106-91-71-72(82(114-58-42-26-10)86(118-62-46-30-14)85(117-61-45-29-13)81(71)113-57-41-25-9)92(107-91)108-93-73-74(84(116-60-44-28-12)88(120-64-48-32-16)87(119-63-47-31-15)83(73)115-59-43-27-11)94(109-93)111-96-70-69(95(110-90)112(96)104-56-40-24-8)77(100-52-36-20-4)79(102-54-38-22-6)80(103-55-39-23-7)78(70)101-53-37-21-5/h65,97-104H,17-64H2,1-16H3,(H,105,106,107,108,109,110,111). The zero-order valence-electron chi connectivity index (χ0n) is 76.9. The van der Waals surface area contributed by atoms with Crippen molar-refractivity contribution in [2.75, 3.05) is 148 Å². The molecule has 24 heteroatoms. The SMILES string of the molecule is CCCCNc1cc2c(c(NCCCC)c1NCCCC)-c1nc-2nc2[nH]c(nc3nc(nc4c5c(NCCCC)c(NCCCC)c(NCCCC)c(NCCCC)c5c(n1)n4NCCCC)-c1c(OCCCC)c(OCCCC)c(OCCCC)c(OCCCC)c1-3)c1c(OCCCC)c(OCCCC)c(OCCCC)c(OCCCC)c21. The molecule has 0 saturated heterocycles. The molecule has 8 bridgehead atoms. The third kappa shape index (κ3) is 23.8. The number of aromatic nitrogens is 8. The van der Waals surface area contributed by atoms with Crippen LogP contribution in [0.15, 0.2) is 6.07 Å². The van der Waals surface area contributed by atoms with Gasteiger partial charge in [0.2, 0.25) is 23.0 Å². The Morgan fingerprint density at radius 1 is 0.250 bits per heavy atom. The van der Waals surface area contributed by atoms with Crippen LogP contribution in [0.5, 0.6) is 46.0 Å². The molecular formula is C96H154N16O8. The van der Waals surface area contributed by atoms with Gasteiger partial charge in [0.15, 0.2) is 57.6 Å². The lowest BCUT2D eigenvalue weighted by Gasteiger charge is -2.24. The lowest BCUT2D eigenvalue weighted by Crippen LogP contribution is -2.17. The molecule has 0 aliphatic carbocycles. The smallest absolute Gasteiger partial charge is 0.208 e. The fraction of sp³-hybridized carbons (Fsp3) is 0.667. The fourth-order valence-corrected chi connectivity index (χ4v) is 14.7. The van der Waals surface area contributed by atoms with Gasteiger partial charge in [0.25, 0.3) is 0 Å². The first-order valence-corrected chi connectivity index (χ1v) is 47.8. The van der Waals surface area contributed by atoms with E-state index in [4.69, 9.17) is 67.8 Å². The number of unbranched alkanes of at least 4 members (excludes halogenated alkanes) is 16. The minimum Gasteiger partial charge on any atom is -0.489 e. The van der Waals surface area contributed by atoms with E-state index in [0.717, 1.165) is 293 Å². The maximum absolute atomic E-state index is 7.47. The van der Waals surface area contributed by atoms with E-state index in [2.05, 4.69) is 169 Å². The first-order chi connectivity index (χ1) is 59.0. The summed E-state index contributed by atoms with van der Waals surface area (Å²) < 4.78 is 60.7. The minimum absolute atomic E-state index is 0.286. The van der Waals surface area contributed by atoms with Crippen LogP contribution in [0, 0.1) is 0 Å². The predicted octanol–water partition coefficient (Wildman–Crippen LogP) is 25.6. The van der Waals surface area contributed by atoms with Crippen LogP contribution in [0.3, 0.4) is 0 Å². The summed E-state index contributed by atoms with van der Waals surface area (Å²) in [6.45, 7) is 44.0. The molecule has 666 valence electrons. The van der Waals surface area contributed by atoms with Crippen LogP contribution < -0.4 is 80.5 Å². The van der Waals surface area contributed by atoms with Crippen LogP contribution in [0.2, 0.25) is 0 Å². The van der Waals surface area contributed by atoms with Crippen LogP contribution in [0.1, 0.15) is 316 Å². The predicted molar refractivity (Wildman–Crippen MR) is 506 cm³/mol. The number of nitrogens with one attached hydrogen (secondary N) is 9. The average Bonchev–Trinajstić information content (AvgIpc) is 1.55. The molecule has 2 aliphatic heterocycles. The highest BCUT2D eigenvalue weighted by molar-refractivity contribution is 6.25. The summed E-state index contributed by atoms with van der Waals surface area (Å²) in [6, 6.07) is 2.26. The quantitative estimate of drug-likeness (QED) is 0.0160. The molecule has 2 aliphatic rings. The van der Waals surface area contributed by atoms with E-state index in [0.29, 0.717) is 187 Å². The summed E-state index contributed by atoms with van der Waals surface area (Å²) >= 11 is 0.